The van der Waals surface area contributed by atoms with E-state index in [4.69, 9.17) is 4.74 Å². The number of imide groups is 2. The number of piperazine rings is 1. The number of ether oxygens (including phenoxy) is 1. The number of unbranched alkanes of at least 4 members (excludes halogenated alkanes) is 5. The van der Waals surface area contributed by atoms with Crippen molar-refractivity contribution in [3.63, 3.8) is 0 Å². The van der Waals surface area contributed by atoms with Crippen LogP contribution in [0.2, 0.25) is 0 Å². The van der Waals surface area contributed by atoms with Crippen LogP contribution in [0.5, 0.6) is 5.75 Å². The van der Waals surface area contributed by atoms with Gasteiger partial charge in [-0.3, -0.25) is 53.5 Å². The van der Waals surface area contributed by atoms with E-state index in [1.54, 1.807) is 47.2 Å². The zero-order valence-electron chi connectivity index (χ0n) is 44.9. The van der Waals surface area contributed by atoms with Crippen LogP contribution in [0.1, 0.15) is 130 Å². The van der Waals surface area contributed by atoms with Gasteiger partial charge in [0.05, 0.1) is 22.9 Å². The van der Waals surface area contributed by atoms with E-state index in [2.05, 4.69) is 53.4 Å². The van der Waals surface area contributed by atoms with Crippen LogP contribution >= 0.6 is 0 Å². The first-order valence-electron chi connectivity index (χ1n) is 27.2. The van der Waals surface area contributed by atoms with Gasteiger partial charge in [-0.15, -0.1) is 0 Å². The maximum absolute atomic E-state index is 14.4. The Morgan fingerprint density at radius 1 is 0.765 bits per heavy atom. The number of nitrogens with zero attached hydrogens (tertiary/aromatic N) is 6. The average molecular weight is 1120 g/mol. The van der Waals surface area contributed by atoms with Crippen LogP contribution in [0, 0.1) is 18.8 Å². The first-order valence-corrected chi connectivity index (χ1v) is 27.2. The number of carbonyl (C=O) groups is 8. The van der Waals surface area contributed by atoms with Gasteiger partial charge < -0.3 is 30.9 Å². The minimum atomic E-state index is -4.65. The second-order valence-corrected chi connectivity index (χ2v) is 20.1. The summed E-state index contributed by atoms with van der Waals surface area (Å²) in [7, 11) is 0. The summed E-state index contributed by atoms with van der Waals surface area (Å²) < 4.78 is 50.5. The normalized spacial score (nSPS) is 15.7. The summed E-state index contributed by atoms with van der Waals surface area (Å²) >= 11 is 0. The molecule has 8 amide bonds. The average Bonchev–Trinajstić information content (AvgIpc) is 4.19. The standard InChI is InChI=1S/C58H64F3N11O9/c1-38-14-15-40(33-39(38)17-19-43-35-65-48-13-9-27-66-72(43)48)54(77)67-42-18-16-41(45(34-42)58(59,60)61)36-70-31-29-69(30-32-70)28-10-26-63-50(74)23-22-49(73)62-24-6-4-2-3-5-7-25-64-52(76)37-81-47-12-8-11-44-53(47)57(80)71(56(44)79)46-20-21-51(75)68-55(46)78/h8-9,11-16,18,27,33-35,46H,2-7,10,20-26,28-32,36-37H2,1H3,(H,62,73)(H,63,74)(H,64,76)(H,67,77)(H,68,75,78). The van der Waals surface area contributed by atoms with E-state index < -0.39 is 53.2 Å². The number of hydrogen-bond donors (Lipinski definition) is 5. The number of aromatic nitrogens is 3. The summed E-state index contributed by atoms with van der Waals surface area (Å²) in [6.07, 6.45) is 4.56. The van der Waals surface area contributed by atoms with Crippen LogP contribution in [0.15, 0.2) is 79.1 Å². The molecule has 20 nitrogen and oxygen atoms in total. The molecule has 3 aliphatic heterocycles. The molecule has 0 aliphatic carbocycles. The Hall–Kier alpha value is -8.49. The molecule has 0 radical (unpaired) electrons. The molecule has 3 aliphatic rings. The lowest BCUT2D eigenvalue weighted by molar-refractivity contribution is -0.139. The van der Waals surface area contributed by atoms with Crippen molar-refractivity contribution in [1.82, 2.24) is 50.6 Å². The van der Waals surface area contributed by atoms with Gasteiger partial charge in [0.25, 0.3) is 23.6 Å². The Labute approximate surface area is 465 Å². The van der Waals surface area contributed by atoms with Crippen LogP contribution in [0.4, 0.5) is 18.9 Å². The van der Waals surface area contributed by atoms with Crippen molar-refractivity contribution < 1.29 is 56.3 Å². The minimum Gasteiger partial charge on any atom is -0.483 e. The minimum absolute atomic E-state index is 0.00205. The van der Waals surface area contributed by atoms with Gasteiger partial charge in [0.15, 0.2) is 12.3 Å². The number of imidazole rings is 1. The summed E-state index contributed by atoms with van der Waals surface area (Å²) in [5.41, 5.74) is 2.17. The van der Waals surface area contributed by atoms with Crippen molar-refractivity contribution in [2.24, 2.45) is 0 Å². The highest BCUT2D eigenvalue weighted by Crippen LogP contribution is 2.36. The third-order valence-corrected chi connectivity index (χ3v) is 14.2. The van der Waals surface area contributed by atoms with Gasteiger partial charge in [-0.2, -0.15) is 18.3 Å². The number of nitrogens with one attached hydrogen (secondary N) is 5. The number of piperidine rings is 1. The second-order valence-electron chi connectivity index (χ2n) is 20.1. The highest BCUT2D eigenvalue weighted by atomic mass is 19.4. The smallest absolute Gasteiger partial charge is 0.416 e. The molecule has 0 spiro atoms. The summed E-state index contributed by atoms with van der Waals surface area (Å²) in [5.74, 6) is 2.17. The largest absolute Gasteiger partial charge is 0.483 e. The van der Waals surface area contributed by atoms with Gasteiger partial charge >= 0.3 is 6.18 Å². The summed E-state index contributed by atoms with van der Waals surface area (Å²) in [5, 5.41) is 17.5. The van der Waals surface area contributed by atoms with E-state index in [0.29, 0.717) is 75.7 Å². The lowest BCUT2D eigenvalue weighted by Gasteiger charge is -2.35. The van der Waals surface area contributed by atoms with Gasteiger partial charge in [0.2, 0.25) is 23.6 Å². The summed E-state index contributed by atoms with van der Waals surface area (Å²) in [4.78, 5) is 110. The highest BCUT2D eigenvalue weighted by Gasteiger charge is 2.46. The number of rotatable bonds is 24. The molecule has 5 aromatic rings. The molecule has 3 aromatic carbocycles. The molecule has 2 fully saturated rings. The highest BCUT2D eigenvalue weighted by molar-refractivity contribution is 6.24. The van der Waals surface area contributed by atoms with E-state index in [1.165, 1.54) is 30.3 Å². The molecule has 426 valence electrons. The lowest BCUT2D eigenvalue weighted by Crippen LogP contribution is -2.54. The van der Waals surface area contributed by atoms with Gasteiger partial charge in [0.1, 0.15) is 17.5 Å². The number of fused-ring (bicyclic) bond motifs is 2. The summed E-state index contributed by atoms with van der Waals surface area (Å²) in [6.45, 7) is 6.00. The number of aryl methyl sites for hydroxylation is 1. The fraction of sp³-hybridized carbons (Fsp3) is 0.414. The van der Waals surface area contributed by atoms with Crippen LogP contribution in [0.3, 0.4) is 0 Å². The lowest BCUT2D eigenvalue weighted by atomic mass is 10.0. The Kier molecular flexibility index (Phi) is 20.0. The maximum Gasteiger partial charge on any atom is 0.416 e. The Balaban J connectivity index is 0.636. The van der Waals surface area contributed by atoms with Crippen LogP contribution < -0.4 is 31.3 Å². The first-order chi connectivity index (χ1) is 39.0. The van der Waals surface area contributed by atoms with Crippen molar-refractivity contribution >= 4 is 58.6 Å². The van der Waals surface area contributed by atoms with Gasteiger partial charge in [0, 0.05) is 94.6 Å². The van der Waals surface area contributed by atoms with E-state index in [9.17, 15) is 51.5 Å². The molecule has 1 unspecified atom stereocenters. The molecule has 23 heteroatoms. The molecule has 5 N–H and O–H groups in total. The van der Waals surface area contributed by atoms with Crippen molar-refractivity contribution in [1.29, 1.82) is 0 Å². The first kappa shape index (κ1) is 58.7. The predicted molar refractivity (Wildman–Crippen MR) is 290 cm³/mol. The van der Waals surface area contributed by atoms with Crippen LogP contribution in [-0.2, 0) is 36.7 Å². The number of benzene rings is 3. The van der Waals surface area contributed by atoms with Gasteiger partial charge in [-0.05, 0) is 105 Å². The topological polar surface area (TPSA) is 246 Å². The van der Waals surface area contributed by atoms with E-state index >= 15 is 0 Å². The predicted octanol–water partition coefficient (Wildman–Crippen LogP) is 5.17. The number of hydrogen-bond acceptors (Lipinski definition) is 13. The van der Waals surface area contributed by atoms with E-state index in [0.717, 1.165) is 55.1 Å². The monoisotopic (exact) mass is 1120 g/mol. The number of halogens is 3. The molecule has 81 heavy (non-hydrogen) atoms. The Morgan fingerprint density at radius 2 is 1.46 bits per heavy atom. The van der Waals surface area contributed by atoms with Crippen LogP contribution in [-0.4, -0.2) is 142 Å². The quantitative estimate of drug-likeness (QED) is 0.0305. The number of anilines is 1. The molecule has 0 bridgehead atoms. The molecule has 2 saturated heterocycles. The third kappa shape index (κ3) is 15.9. The number of carbonyl (C=O) groups excluding carboxylic acids is 8. The van der Waals surface area contributed by atoms with E-state index in [-0.39, 0.29) is 84.3 Å². The van der Waals surface area contributed by atoms with E-state index in [1.807, 2.05) is 11.8 Å². The summed E-state index contributed by atoms with van der Waals surface area (Å²) in [6, 6.07) is 15.7. The molecule has 8 rings (SSSR count). The fourth-order valence-corrected chi connectivity index (χ4v) is 9.76. The number of amides is 8. The maximum atomic E-state index is 14.4. The van der Waals surface area contributed by atoms with Gasteiger partial charge in [-0.1, -0.05) is 49.8 Å². The third-order valence-electron chi connectivity index (χ3n) is 14.2. The second kappa shape index (κ2) is 27.6. The van der Waals surface area contributed by atoms with Crippen molar-refractivity contribution in [3.8, 4) is 17.6 Å². The molecule has 2 aromatic heterocycles. The zero-order chi connectivity index (χ0) is 57.5. The molecular formula is C58H64F3N11O9. The fourth-order valence-electron chi connectivity index (χ4n) is 9.76. The van der Waals surface area contributed by atoms with Gasteiger partial charge in [-0.25, -0.2) is 9.50 Å². The SMILES string of the molecule is Cc1ccc(C(=O)Nc2ccc(CN3CCN(CCCNC(=O)CCC(=O)NCCCCCCCCNC(=O)COc4cccc5c4C(=O)N(C4CCC(=O)NC4=O)C5=O)CC3)c(C(F)(F)F)c2)cc1C#Cc1cnc2cccnn12. The van der Waals surface area contributed by atoms with Crippen molar-refractivity contribution in [2.45, 2.75) is 96.3 Å². The Morgan fingerprint density at radius 3 is 2.17 bits per heavy atom. The Bertz CT molecular complexity index is 3240. The molecule has 0 saturated carbocycles. The molecular weight excluding hydrogens is 1050 g/mol. The van der Waals surface area contributed by atoms with Crippen molar-refractivity contribution in [2.75, 3.05) is 64.3 Å². The van der Waals surface area contributed by atoms with Crippen LogP contribution in [0.25, 0.3) is 5.65 Å². The zero-order valence-corrected chi connectivity index (χ0v) is 44.9. The number of alkyl halides is 3. The molecule has 5 heterocycles. The molecule has 1 atom stereocenters. The van der Waals surface area contributed by atoms with Crippen molar-refractivity contribution in [3.05, 3.63) is 124 Å².